The van der Waals surface area contributed by atoms with Gasteiger partial charge in [0, 0.05) is 13.1 Å². The summed E-state index contributed by atoms with van der Waals surface area (Å²) in [6.45, 7) is 5.94. The van der Waals surface area contributed by atoms with Gasteiger partial charge in [-0.3, -0.25) is 0 Å². The van der Waals surface area contributed by atoms with Crippen LogP contribution in [0.4, 0.5) is 18.0 Å². The first-order chi connectivity index (χ1) is 8.83. The van der Waals surface area contributed by atoms with Gasteiger partial charge < -0.3 is 15.3 Å². The summed E-state index contributed by atoms with van der Waals surface area (Å²) in [6.07, 6.45) is -4.49. The Hall–Kier alpha value is -1.47. The van der Waals surface area contributed by atoms with E-state index >= 15 is 0 Å². The number of carboxylic acids is 1. The Morgan fingerprint density at radius 2 is 1.70 bits per heavy atom. The number of halogens is 3. The van der Waals surface area contributed by atoms with Crippen molar-refractivity contribution in [3.63, 3.8) is 0 Å². The van der Waals surface area contributed by atoms with E-state index in [4.69, 9.17) is 5.11 Å². The Morgan fingerprint density at radius 1 is 1.25 bits per heavy atom. The molecule has 2 atom stereocenters. The van der Waals surface area contributed by atoms with Crippen LogP contribution in [-0.4, -0.2) is 46.8 Å². The first-order valence-electron chi connectivity index (χ1n) is 6.18. The van der Waals surface area contributed by atoms with E-state index in [2.05, 4.69) is 0 Å². The van der Waals surface area contributed by atoms with Crippen LogP contribution in [0.15, 0.2) is 0 Å². The Balaban J connectivity index is 5.00. The van der Waals surface area contributed by atoms with Gasteiger partial charge in [-0.05, 0) is 26.2 Å². The molecule has 0 radical (unpaired) electrons. The zero-order chi connectivity index (χ0) is 16.3. The van der Waals surface area contributed by atoms with E-state index in [1.165, 1.54) is 7.05 Å². The molecule has 2 N–H and O–H groups in total. The Bertz CT molecular complexity index is 371. The maximum absolute atomic E-state index is 12.8. The van der Waals surface area contributed by atoms with Crippen molar-refractivity contribution in [1.29, 1.82) is 0 Å². The predicted molar refractivity (Wildman–Crippen MR) is 67.3 cm³/mol. The molecule has 0 heterocycles. The summed E-state index contributed by atoms with van der Waals surface area (Å²) >= 11 is 0. The van der Waals surface area contributed by atoms with Crippen molar-refractivity contribution in [2.45, 2.75) is 51.9 Å². The number of rotatable bonds is 5. The zero-order valence-electron chi connectivity index (χ0n) is 12.2. The molecule has 0 fully saturated rings. The lowest BCUT2D eigenvalue weighted by Crippen LogP contribution is -2.64. The van der Waals surface area contributed by atoms with Gasteiger partial charge in [0.05, 0.1) is 0 Å². The average Bonchev–Trinajstić information content (AvgIpc) is 2.24. The highest BCUT2D eigenvalue weighted by atomic mass is 19.4. The molecular formula is C12H21F3N2O3. The first kappa shape index (κ1) is 18.5. The lowest BCUT2D eigenvalue weighted by atomic mass is 10.0. The van der Waals surface area contributed by atoms with E-state index in [0.717, 1.165) is 4.90 Å². The Labute approximate surface area is 116 Å². The first-order valence-corrected chi connectivity index (χ1v) is 6.18. The highest BCUT2D eigenvalue weighted by Gasteiger charge is 2.58. The van der Waals surface area contributed by atoms with E-state index in [9.17, 15) is 22.8 Å². The van der Waals surface area contributed by atoms with Crippen LogP contribution < -0.4 is 5.32 Å². The number of urea groups is 1. The number of carboxylic acid groups (broad SMARTS) is 1. The molecule has 118 valence electrons. The number of amides is 2. The van der Waals surface area contributed by atoms with Crippen LogP contribution in [0.5, 0.6) is 0 Å². The molecule has 0 rings (SSSR count). The number of carbonyl (C=O) groups excluding carboxylic acids is 1. The molecule has 0 bridgehead atoms. The van der Waals surface area contributed by atoms with Gasteiger partial charge in [-0.15, -0.1) is 0 Å². The van der Waals surface area contributed by atoms with Gasteiger partial charge >= 0.3 is 18.2 Å². The summed E-state index contributed by atoms with van der Waals surface area (Å²) in [5.74, 6) is -1.89. The van der Waals surface area contributed by atoms with Crippen LogP contribution >= 0.6 is 0 Å². The molecule has 0 aromatic carbocycles. The molecular weight excluding hydrogens is 277 g/mol. The van der Waals surface area contributed by atoms with Crippen LogP contribution in [0, 0.1) is 5.92 Å². The summed E-state index contributed by atoms with van der Waals surface area (Å²) in [4.78, 5) is 23.7. The van der Waals surface area contributed by atoms with Crippen LogP contribution in [-0.2, 0) is 4.79 Å². The average molecular weight is 298 g/mol. The quantitative estimate of drug-likeness (QED) is 0.819. The zero-order valence-corrected chi connectivity index (χ0v) is 12.2. The molecule has 0 saturated carbocycles. The van der Waals surface area contributed by atoms with Gasteiger partial charge in [0.25, 0.3) is 0 Å². The molecule has 8 heteroatoms. The standard InChI is InChI=1S/C12H21F3N2O3/c1-7(2)6-8(3)17(5)10(20)16-11(4,9(18)19)12(13,14)15/h7-8H,6H2,1-5H3,(H,16,20)(H,18,19). The lowest BCUT2D eigenvalue weighted by molar-refractivity contribution is -0.203. The number of nitrogens with one attached hydrogen (secondary N) is 1. The van der Waals surface area contributed by atoms with Gasteiger partial charge in [-0.25, -0.2) is 9.59 Å². The minimum atomic E-state index is -5.09. The minimum Gasteiger partial charge on any atom is -0.479 e. The van der Waals surface area contributed by atoms with Crippen molar-refractivity contribution >= 4 is 12.0 Å². The van der Waals surface area contributed by atoms with Crippen molar-refractivity contribution in [3.05, 3.63) is 0 Å². The van der Waals surface area contributed by atoms with Crippen LogP contribution in [0.1, 0.15) is 34.1 Å². The number of nitrogens with zero attached hydrogens (tertiary/aromatic N) is 1. The number of hydrogen-bond acceptors (Lipinski definition) is 2. The van der Waals surface area contributed by atoms with Crippen molar-refractivity contribution in [2.75, 3.05) is 7.05 Å². The maximum Gasteiger partial charge on any atom is 0.422 e. The Morgan fingerprint density at radius 3 is 2.00 bits per heavy atom. The molecule has 2 amide bonds. The summed E-state index contributed by atoms with van der Waals surface area (Å²) in [7, 11) is 1.33. The normalized spacial score (nSPS) is 16.4. The molecule has 20 heavy (non-hydrogen) atoms. The monoisotopic (exact) mass is 298 g/mol. The molecule has 0 aliphatic carbocycles. The van der Waals surface area contributed by atoms with Crippen LogP contribution in [0.3, 0.4) is 0 Å². The fourth-order valence-electron chi connectivity index (χ4n) is 1.59. The SMILES string of the molecule is CC(C)CC(C)N(C)C(=O)NC(C)(C(=O)O)C(F)(F)F. The van der Waals surface area contributed by atoms with Gasteiger partial charge in [0.1, 0.15) is 0 Å². The fourth-order valence-corrected chi connectivity index (χ4v) is 1.59. The van der Waals surface area contributed by atoms with Crippen molar-refractivity contribution in [2.24, 2.45) is 5.92 Å². The Kier molecular flexibility index (Phi) is 5.86. The van der Waals surface area contributed by atoms with Gasteiger partial charge in [-0.1, -0.05) is 13.8 Å². The predicted octanol–water partition coefficient (Wildman–Crippen LogP) is 2.47. The van der Waals surface area contributed by atoms with E-state index < -0.39 is 23.7 Å². The molecule has 0 aliphatic rings. The highest BCUT2D eigenvalue weighted by molar-refractivity contribution is 5.86. The van der Waals surface area contributed by atoms with Crippen LogP contribution in [0.25, 0.3) is 0 Å². The van der Waals surface area contributed by atoms with Crippen LogP contribution in [0.2, 0.25) is 0 Å². The molecule has 5 nitrogen and oxygen atoms in total. The molecule has 0 aromatic rings. The second-order valence-corrected chi connectivity index (χ2v) is 5.45. The number of alkyl halides is 3. The molecule has 0 saturated heterocycles. The number of carbonyl (C=O) groups is 2. The largest absolute Gasteiger partial charge is 0.479 e. The highest BCUT2D eigenvalue weighted by Crippen LogP contribution is 2.30. The topological polar surface area (TPSA) is 69.6 Å². The maximum atomic E-state index is 12.8. The second-order valence-electron chi connectivity index (χ2n) is 5.45. The van der Waals surface area contributed by atoms with Gasteiger partial charge in [0.2, 0.25) is 5.54 Å². The summed E-state index contributed by atoms with van der Waals surface area (Å²) in [5, 5.41) is 10.3. The fraction of sp³-hybridized carbons (Fsp3) is 0.833. The summed E-state index contributed by atoms with van der Waals surface area (Å²) in [5.41, 5.74) is -3.31. The number of hydrogen-bond donors (Lipinski definition) is 2. The van der Waals surface area contributed by atoms with Crippen molar-refractivity contribution in [1.82, 2.24) is 10.2 Å². The minimum absolute atomic E-state index is 0.258. The molecule has 0 aromatic heterocycles. The smallest absolute Gasteiger partial charge is 0.422 e. The van der Waals surface area contributed by atoms with E-state index in [1.54, 1.807) is 12.2 Å². The molecule has 0 aliphatic heterocycles. The van der Waals surface area contributed by atoms with E-state index in [0.29, 0.717) is 13.3 Å². The third-order valence-electron chi connectivity index (χ3n) is 3.15. The summed E-state index contributed by atoms with van der Waals surface area (Å²) < 4.78 is 38.3. The van der Waals surface area contributed by atoms with Crippen molar-refractivity contribution < 1.29 is 27.9 Å². The summed E-state index contributed by atoms with van der Waals surface area (Å²) in [6, 6.07) is -1.37. The molecule has 2 unspecified atom stereocenters. The van der Waals surface area contributed by atoms with E-state index in [1.807, 2.05) is 13.8 Å². The second kappa shape index (κ2) is 6.32. The molecule has 0 spiro atoms. The van der Waals surface area contributed by atoms with Crippen molar-refractivity contribution in [3.8, 4) is 0 Å². The third-order valence-corrected chi connectivity index (χ3v) is 3.15. The lowest BCUT2D eigenvalue weighted by Gasteiger charge is -2.33. The third kappa shape index (κ3) is 4.28. The van der Waals surface area contributed by atoms with E-state index in [-0.39, 0.29) is 12.0 Å². The van der Waals surface area contributed by atoms with Gasteiger partial charge in [-0.2, -0.15) is 13.2 Å². The number of aliphatic carboxylic acids is 1. The van der Waals surface area contributed by atoms with Gasteiger partial charge in [0.15, 0.2) is 0 Å².